The molecule has 0 saturated heterocycles. The summed E-state index contributed by atoms with van der Waals surface area (Å²) in [6.07, 6.45) is 0. The van der Waals surface area contributed by atoms with E-state index >= 15 is 0 Å². The molecular weight excluding hydrogens is 248 g/mol. The van der Waals surface area contributed by atoms with Crippen LogP contribution in [0.2, 0.25) is 5.02 Å². The molecule has 1 aromatic heterocycles. The molecule has 0 N–H and O–H groups in total. The Kier molecular flexibility index (Phi) is 3.53. The highest BCUT2D eigenvalue weighted by Gasteiger charge is 2.12. The van der Waals surface area contributed by atoms with E-state index in [1.54, 1.807) is 28.9 Å². The number of Topliss-reactive ketones (excluding diaryl/α,β-unsaturated/α-hetero) is 1. The van der Waals surface area contributed by atoms with Gasteiger partial charge in [-0.3, -0.25) is 9.48 Å². The highest BCUT2D eigenvalue weighted by Crippen LogP contribution is 2.14. The molecule has 0 aliphatic heterocycles. The third kappa shape index (κ3) is 2.46. The third-order valence-electron chi connectivity index (χ3n) is 3.20. The quantitative estimate of drug-likeness (QED) is 0.795. The van der Waals surface area contributed by atoms with Crippen molar-refractivity contribution in [1.29, 1.82) is 0 Å². The van der Waals surface area contributed by atoms with Crippen molar-refractivity contribution >= 4 is 17.4 Å². The Morgan fingerprint density at radius 1 is 1.22 bits per heavy atom. The number of halogens is 1. The van der Waals surface area contributed by atoms with Gasteiger partial charge >= 0.3 is 0 Å². The first-order valence-corrected chi connectivity index (χ1v) is 6.16. The predicted octanol–water partition coefficient (Wildman–Crippen LogP) is 3.34. The Labute approximate surface area is 111 Å². The number of hydrogen-bond donors (Lipinski definition) is 0. The van der Waals surface area contributed by atoms with Crippen LogP contribution in [0.3, 0.4) is 0 Å². The minimum absolute atomic E-state index is 0.0391. The molecule has 94 valence electrons. The average Bonchev–Trinajstić information content (AvgIpc) is 2.58. The van der Waals surface area contributed by atoms with Gasteiger partial charge in [-0.15, -0.1) is 0 Å². The maximum Gasteiger partial charge on any atom is 0.184 e. The second-order valence-electron chi connectivity index (χ2n) is 4.38. The summed E-state index contributed by atoms with van der Waals surface area (Å²) in [5, 5.41) is 5.00. The summed E-state index contributed by atoms with van der Waals surface area (Å²) < 4.78 is 1.75. The van der Waals surface area contributed by atoms with E-state index in [-0.39, 0.29) is 12.3 Å². The molecule has 0 spiro atoms. The van der Waals surface area contributed by atoms with Crippen molar-refractivity contribution in [2.24, 2.45) is 0 Å². The van der Waals surface area contributed by atoms with E-state index in [1.165, 1.54) is 0 Å². The van der Waals surface area contributed by atoms with Crippen molar-refractivity contribution in [1.82, 2.24) is 9.78 Å². The first kappa shape index (κ1) is 12.8. The molecular formula is C14H15ClN2O. The number of carbonyl (C=O) groups is 1. The molecule has 0 bridgehead atoms. The van der Waals surface area contributed by atoms with E-state index in [0.717, 1.165) is 17.0 Å². The standard InChI is InChI=1S/C14H15ClN2O/c1-9-10(2)16-17(11(9)3)8-14(18)12-4-6-13(15)7-5-12/h4-7H,8H2,1-3H3. The SMILES string of the molecule is Cc1nn(CC(=O)c2ccc(Cl)cc2)c(C)c1C. The maximum absolute atomic E-state index is 12.1. The topological polar surface area (TPSA) is 34.9 Å². The van der Waals surface area contributed by atoms with Crippen LogP contribution in [0.25, 0.3) is 0 Å². The number of hydrogen-bond acceptors (Lipinski definition) is 2. The van der Waals surface area contributed by atoms with Gasteiger partial charge in [0.2, 0.25) is 0 Å². The molecule has 0 unspecified atom stereocenters. The summed E-state index contributed by atoms with van der Waals surface area (Å²) in [6.45, 7) is 6.21. The van der Waals surface area contributed by atoms with Gasteiger partial charge in [0.1, 0.15) is 6.54 Å². The fourth-order valence-corrected chi connectivity index (χ4v) is 1.93. The highest BCUT2D eigenvalue weighted by molar-refractivity contribution is 6.30. The fourth-order valence-electron chi connectivity index (χ4n) is 1.80. The van der Waals surface area contributed by atoms with Crippen LogP contribution in [0.1, 0.15) is 27.3 Å². The summed E-state index contributed by atoms with van der Waals surface area (Å²) in [7, 11) is 0. The first-order valence-electron chi connectivity index (χ1n) is 5.78. The van der Waals surface area contributed by atoms with Crippen LogP contribution in [-0.4, -0.2) is 15.6 Å². The van der Waals surface area contributed by atoms with Gasteiger partial charge in [0.15, 0.2) is 5.78 Å². The van der Waals surface area contributed by atoms with Crippen LogP contribution < -0.4 is 0 Å². The zero-order valence-electron chi connectivity index (χ0n) is 10.7. The van der Waals surface area contributed by atoms with Gasteiger partial charge in [-0.2, -0.15) is 5.10 Å². The van der Waals surface area contributed by atoms with Crippen molar-refractivity contribution in [2.45, 2.75) is 27.3 Å². The monoisotopic (exact) mass is 262 g/mol. The zero-order chi connectivity index (χ0) is 13.3. The Hall–Kier alpha value is -1.61. The van der Waals surface area contributed by atoms with Crippen LogP contribution in [0, 0.1) is 20.8 Å². The lowest BCUT2D eigenvalue weighted by atomic mass is 10.1. The predicted molar refractivity (Wildman–Crippen MR) is 72.2 cm³/mol. The van der Waals surface area contributed by atoms with Gasteiger partial charge in [0.05, 0.1) is 5.69 Å². The highest BCUT2D eigenvalue weighted by atomic mass is 35.5. The third-order valence-corrected chi connectivity index (χ3v) is 3.45. The lowest BCUT2D eigenvalue weighted by molar-refractivity contribution is 0.0966. The molecule has 3 nitrogen and oxygen atoms in total. The van der Waals surface area contributed by atoms with Gasteiger partial charge in [-0.05, 0) is 50.6 Å². The average molecular weight is 263 g/mol. The zero-order valence-corrected chi connectivity index (χ0v) is 11.5. The largest absolute Gasteiger partial charge is 0.292 e. The van der Waals surface area contributed by atoms with Gasteiger partial charge < -0.3 is 0 Å². The molecule has 0 radical (unpaired) electrons. The smallest absolute Gasteiger partial charge is 0.184 e. The minimum atomic E-state index is 0.0391. The minimum Gasteiger partial charge on any atom is -0.292 e. The molecule has 0 fully saturated rings. The maximum atomic E-state index is 12.1. The van der Waals surface area contributed by atoms with Crippen molar-refractivity contribution < 1.29 is 4.79 Å². The molecule has 18 heavy (non-hydrogen) atoms. The molecule has 0 amide bonds. The Morgan fingerprint density at radius 2 is 1.83 bits per heavy atom. The lowest BCUT2D eigenvalue weighted by Gasteiger charge is -2.04. The van der Waals surface area contributed by atoms with Crippen molar-refractivity contribution in [3.05, 3.63) is 51.8 Å². The van der Waals surface area contributed by atoms with E-state index < -0.39 is 0 Å². The van der Waals surface area contributed by atoms with E-state index in [1.807, 2.05) is 20.8 Å². The van der Waals surface area contributed by atoms with Crippen LogP contribution in [0.4, 0.5) is 0 Å². The first-order chi connectivity index (χ1) is 8.49. The number of aromatic nitrogens is 2. The van der Waals surface area contributed by atoms with Crippen LogP contribution in [0.5, 0.6) is 0 Å². The normalized spacial score (nSPS) is 10.7. The molecule has 2 aromatic rings. The molecule has 1 aromatic carbocycles. The number of benzene rings is 1. The number of ketones is 1. The second kappa shape index (κ2) is 4.94. The molecule has 0 saturated carbocycles. The van der Waals surface area contributed by atoms with E-state index in [0.29, 0.717) is 10.6 Å². The summed E-state index contributed by atoms with van der Waals surface area (Å²) in [5.74, 6) is 0.0391. The van der Waals surface area contributed by atoms with E-state index in [9.17, 15) is 4.79 Å². The van der Waals surface area contributed by atoms with Crippen molar-refractivity contribution in [3.63, 3.8) is 0 Å². The molecule has 0 aliphatic rings. The van der Waals surface area contributed by atoms with Crippen molar-refractivity contribution in [2.75, 3.05) is 0 Å². The summed E-state index contributed by atoms with van der Waals surface area (Å²) >= 11 is 5.80. The van der Waals surface area contributed by atoms with Gasteiger partial charge in [0.25, 0.3) is 0 Å². The van der Waals surface area contributed by atoms with Crippen molar-refractivity contribution in [3.8, 4) is 0 Å². The summed E-state index contributed by atoms with van der Waals surface area (Å²) in [5.41, 5.74) is 3.80. The Balaban J connectivity index is 2.21. The molecule has 1 heterocycles. The molecule has 0 aliphatic carbocycles. The van der Waals surface area contributed by atoms with Crippen LogP contribution >= 0.6 is 11.6 Å². The number of carbonyl (C=O) groups excluding carboxylic acids is 1. The van der Waals surface area contributed by atoms with E-state index in [2.05, 4.69) is 5.10 Å². The van der Waals surface area contributed by atoms with Gasteiger partial charge in [0, 0.05) is 16.3 Å². The van der Waals surface area contributed by atoms with Gasteiger partial charge in [-0.25, -0.2) is 0 Å². The molecule has 4 heteroatoms. The molecule has 2 rings (SSSR count). The van der Waals surface area contributed by atoms with Crippen LogP contribution in [-0.2, 0) is 6.54 Å². The summed E-state index contributed by atoms with van der Waals surface area (Å²) in [6, 6.07) is 6.93. The lowest BCUT2D eigenvalue weighted by Crippen LogP contribution is -2.13. The number of aryl methyl sites for hydroxylation is 1. The Bertz CT molecular complexity index is 585. The fraction of sp³-hybridized carbons (Fsp3) is 0.286. The van der Waals surface area contributed by atoms with Crippen LogP contribution in [0.15, 0.2) is 24.3 Å². The number of rotatable bonds is 3. The Morgan fingerprint density at radius 3 is 2.33 bits per heavy atom. The number of nitrogens with zero attached hydrogens (tertiary/aromatic N) is 2. The van der Waals surface area contributed by atoms with E-state index in [4.69, 9.17) is 11.6 Å². The van der Waals surface area contributed by atoms with Gasteiger partial charge in [-0.1, -0.05) is 11.6 Å². The molecule has 0 atom stereocenters. The second-order valence-corrected chi connectivity index (χ2v) is 4.82. The summed E-state index contributed by atoms with van der Waals surface area (Å²) in [4.78, 5) is 12.1.